The molecule has 1 fully saturated rings. The molecule has 1 aliphatic heterocycles. The lowest BCUT2D eigenvalue weighted by atomic mass is 10.1. The van der Waals surface area contributed by atoms with E-state index < -0.39 is 0 Å². The summed E-state index contributed by atoms with van der Waals surface area (Å²) < 4.78 is 0. The van der Waals surface area contributed by atoms with Gasteiger partial charge in [-0.15, -0.1) is 0 Å². The summed E-state index contributed by atoms with van der Waals surface area (Å²) in [5.74, 6) is -0.339. The van der Waals surface area contributed by atoms with Gasteiger partial charge in [-0.05, 0) is 44.5 Å². The topological polar surface area (TPSA) is 61.4 Å². The van der Waals surface area contributed by atoms with E-state index in [1.165, 1.54) is 6.42 Å². The first-order valence-electron chi connectivity index (χ1n) is 7.96. The van der Waals surface area contributed by atoms with Crippen LogP contribution in [0.15, 0.2) is 24.3 Å². The third kappa shape index (κ3) is 4.31. The first-order valence-corrected chi connectivity index (χ1v) is 7.96. The predicted molar refractivity (Wildman–Crippen MR) is 86.8 cm³/mol. The van der Waals surface area contributed by atoms with E-state index in [0.29, 0.717) is 18.2 Å². The Labute approximate surface area is 132 Å². The van der Waals surface area contributed by atoms with Crippen LogP contribution in [0, 0.1) is 6.92 Å². The Hall–Kier alpha value is -1.88. The van der Waals surface area contributed by atoms with E-state index in [0.717, 1.165) is 25.1 Å². The van der Waals surface area contributed by atoms with Crippen molar-refractivity contribution in [2.45, 2.75) is 32.7 Å². The molecule has 1 saturated heterocycles. The number of hydrogen-bond donors (Lipinski definition) is 2. The molecule has 2 N–H and O–H groups in total. The number of carbonyl (C=O) groups excluding carboxylic acids is 2. The summed E-state index contributed by atoms with van der Waals surface area (Å²) >= 11 is 0. The lowest BCUT2D eigenvalue weighted by Crippen LogP contribution is -2.43. The van der Waals surface area contributed by atoms with Crippen molar-refractivity contribution < 1.29 is 9.59 Å². The van der Waals surface area contributed by atoms with Crippen LogP contribution in [-0.2, 0) is 4.79 Å². The van der Waals surface area contributed by atoms with Crippen LogP contribution in [-0.4, -0.2) is 48.9 Å². The van der Waals surface area contributed by atoms with Gasteiger partial charge in [-0.1, -0.05) is 25.1 Å². The highest BCUT2D eigenvalue weighted by molar-refractivity contribution is 5.97. The molecule has 0 radical (unpaired) electrons. The van der Waals surface area contributed by atoms with Gasteiger partial charge in [-0.3, -0.25) is 14.5 Å². The average molecular weight is 303 g/mol. The molecule has 0 saturated carbocycles. The minimum Gasteiger partial charge on any atom is -0.353 e. The molecule has 120 valence electrons. The zero-order valence-electron chi connectivity index (χ0n) is 13.4. The van der Waals surface area contributed by atoms with Crippen LogP contribution in [0.2, 0.25) is 0 Å². The number of nitrogens with zero attached hydrogens (tertiary/aromatic N) is 1. The van der Waals surface area contributed by atoms with Gasteiger partial charge in [0, 0.05) is 18.2 Å². The third-order valence-corrected chi connectivity index (χ3v) is 4.24. The van der Waals surface area contributed by atoms with Crippen molar-refractivity contribution in [1.82, 2.24) is 15.5 Å². The van der Waals surface area contributed by atoms with Gasteiger partial charge in [-0.2, -0.15) is 0 Å². The summed E-state index contributed by atoms with van der Waals surface area (Å²) in [6, 6.07) is 7.79. The molecule has 1 unspecified atom stereocenters. The van der Waals surface area contributed by atoms with Gasteiger partial charge in [0.25, 0.3) is 5.91 Å². The van der Waals surface area contributed by atoms with E-state index in [2.05, 4.69) is 22.5 Å². The summed E-state index contributed by atoms with van der Waals surface area (Å²) in [7, 11) is 0. The zero-order chi connectivity index (χ0) is 15.9. The molecule has 22 heavy (non-hydrogen) atoms. The Bertz CT molecular complexity index is 530. The summed E-state index contributed by atoms with van der Waals surface area (Å²) in [6.45, 7) is 6.83. The maximum Gasteiger partial charge on any atom is 0.251 e. The van der Waals surface area contributed by atoms with Gasteiger partial charge in [-0.25, -0.2) is 0 Å². The molecule has 0 aliphatic carbocycles. The first-order chi connectivity index (χ1) is 10.6. The fourth-order valence-corrected chi connectivity index (χ4v) is 2.92. The smallest absolute Gasteiger partial charge is 0.251 e. The maximum absolute atomic E-state index is 12.0. The van der Waals surface area contributed by atoms with Crippen LogP contribution in [0.3, 0.4) is 0 Å². The van der Waals surface area contributed by atoms with Crippen LogP contribution >= 0.6 is 0 Å². The summed E-state index contributed by atoms with van der Waals surface area (Å²) in [5, 5.41) is 5.59. The molecule has 2 rings (SSSR count). The molecule has 1 heterocycles. The van der Waals surface area contributed by atoms with Crippen molar-refractivity contribution in [1.29, 1.82) is 0 Å². The molecule has 1 aliphatic rings. The molecule has 1 aromatic carbocycles. The number of nitrogens with one attached hydrogen (secondary N) is 2. The van der Waals surface area contributed by atoms with Crippen molar-refractivity contribution in [3.63, 3.8) is 0 Å². The zero-order valence-corrected chi connectivity index (χ0v) is 13.4. The van der Waals surface area contributed by atoms with Gasteiger partial charge in [0.05, 0.1) is 6.54 Å². The SMILES string of the molecule is CCN1CCCC1CNC(=O)CNC(=O)c1ccccc1C. The number of aryl methyl sites for hydroxylation is 1. The average Bonchev–Trinajstić information content (AvgIpc) is 2.98. The third-order valence-electron chi connectivity index (χ3n) is 4.24. The highest BCUT2D eigenvalue weighted by Crippen LogP contribution is 2.15. The number of rotatable bonds is 6. The van der Waals surface area contributed by atoms with E-state index in [-0.39, 0.29) is 18.4 Å². The Morgan fingerprint density at radius 2 is 2.05 bits per heavy atom. The molecular formula is C17H25N3O2. The largest absolute Gasteiger partial charge is 0.353 e. The number of benzene rings is 1. The van der Waals surface area contributed by atoms with Crippen LogP contribution in [0.4, 0.5) is 0 Å². The standard InChI is InChI=1S/C17H25N3O2/c1-3-20-10-6-8-14(20)11-18-16(21)12-19-17(22)15-9-5-4-7-13(15)2/h4-5,7,9,14H,3,6,8,10-12H2,1-2H3,(H,18,21)(H,19,22). The summed E-state index contributed by atoms with van der Waals surface area (Å²) in [5.41, 5.74) is 1.52. The molecule has 1 aromatic rings. The number of likely N-dealkylation sites (tertiary alicyclic amines) is 1. The lowest BCUT2D eigenvalue weighted by molar-refractivity contribution is -0.120. The van der Waals surface area contributed by atoms with Crippen LogP contribution < -0.4 is 10.6 Å². The maximum atomic E-state index is 12.0. The van der Waals surface area contributed by atoms with Crippen LogP contribution in [0.1, 0.15) is 35.7 Å². The number of carbonyl (C=O) groups is 2. The summed E-state index contributed by atoms with van der Waals surface area (Å²) in [4.78, 5) is 26.3. The van der Waals surface area contributed by atoms with Gasteiger partial charge in [0.1, 0.15) is 0 Å². The van der Waals surface area contributed by atoms with Crippen molar-refractivity contribution in [2.75, 3.05) is 26.2 Å². The van der Waals surface area contributed by atoms with E-state index in [1.54, 1.807) is 6.07 Å². The van der Waals surface area contributed by atoms with Crippen LogP contribution in [0.5, 0.6) is 0 Å². The monoisotopic (exact) mass is 303 g/mol. The highest BCUT2D eigenvalue weighted by Gasteiger charge is 2.23. The Morgan fingerprint density at radius 1 is 1.27 bits per heavy atom. The Morgan fingerprint density at radius 3 is 2.77 bits per heavy atom. The molecule has 0 bridgehead atoms. The lowest BCUT2D eigenvalue weighted by Gasteiger charge is -2.22. The van der Waals surface area contributed by atoms with Crippen LogP contribution in [0.25, 0.3) is 0 Å². The van der Waals surface area contributed by atoms with E-state index in [4.69, 9.17) is 0 Å². The Kier molecular flexibility index (Phi) is 5.95. The molecule has 0 spiro atoms. The van der Waals surface area contributed by atoms with E-state index in [9.17, 15) is 9.59 Å². The molecule has 5 heteroatoms. The van der Waals surface area contributed by atoms with Gasteiger partial charge >= 0.3 is 0 Å². The van der Waals surface area contributed by atoms with E-state index in [1.807, 2.05) is 25.1 Å². The van der Waals surface area contributed by atoms with Crippen molar-refractivity contribution >= 4 is 11.8 Å². The number of likely N-dealkylation sites (N-methyl/N-ethyl adjacent to an activating group) is 1. The van der Waals surface area contributed by atoms with Gasteiger partial charge in [0.2, 0.25) is 5.91 Å². The molecule has 0 aromatic heterocycles. The second-order valence-electron chi connectivity index (χ2n) is 5.73. The Balaban J connectivity index is 1.74. The minimum atomic E-state index is -0.204. The fourth-order valence-electron chi connectivity index (χ4n) is 2.92. The number of hydrogen-bond acceptors (Lipinski definition) is 3. The molecule has 5 nitrogen and oxygen atoms in total. The predicted octanol–water partition coefficient (Wildman–Crippen LogP) is 1.33. The van der Waals surface area contributed by atoms with Crippen molar-refractivity contribution in [3.05, 3.63) is 35.4 Å². The minimum absolute atomic E-state index is 0.0199. The van der Waals surface area contributed by atoms with Gasteiger partial charge < -0.3 is 10.6 Å². The fraction of sp³-hybridized carbons (Fsp3) is 0.529. The highest BCUT2D eigenvalue weighted by atomic mass is 16.2. The first kappa shape index (κ1) is 16.5. The number of amides is 2. The second-order valence-corrected chi connectivity index (χ2v) is 5.73. The molecule has 1 atom stereocenters. The van der Waals surface area contributed by atoms with Crippen molar-refractivity contribution in [2.24, 2.45) is 0 Å². The van der Waals surface area contributed by atoms with Gasteiger partial charge in [0.15, 0.2) is 0 Å². The second kappa shape index (κ2) is 7.94. The quantitative estimate of drug-likeness (QED) is 0.833. The van der Waals surface area contributed by atoms with Crippen molar-refractivity contribution in [3.8, 4) is 0 Å². The van der Waals surface area contributed by atoms with E-state index >= 15 is 0 Å². The normalized spacial score (nSPS) is 18.2. The molecular weight excluding hydrogens is 278 g/mol. The summed E-state index contributed by atoms with van der Waals surface area (Å²) in [6.07, 6.45) is 2.32. The molecule has 2 amide bonds.